The van der Waals surface area contributed by atoms with E-state index in [1.165, 1.54) is 7.11 Å². The maximum absolute atomic E-state index is 13.5. The van der Waals surface area contributed by atoms with E-state index < -0.39 is 0 Å². The molecule has 0 bridgehead atoms. The minimum atomic E-state index is -0.0781. The first kappa shape index (κ1) is 23.4. The molecule has 1 saturated carbocycles. The van der Waals surface area contributed by atoms with Gasteiger partial charge in [0.25, 0.3) is 11.8 Å². The van der Waals surface area contributed by atoms with Crippen LogP contribution in [0.5, 0.6) is 0 Å². The van der Waals surface area contributed by atoms with Gasteiger partial charge in [-0.05, 0) is 50.8 Å². The fraction of sp³-hybridized carbons (Fsp3) is 0.560. The van der Waals surface area contributed by atoms with E-state index in [2.05, 4.69) is 28.9 Å². The number of benzene rings is 1. The zero-order valence-electron chi connectivity index (χ0n) is 19.9. The number of aromatic amines is 1. The van der Waals surface area contributed by atoms with E-state index in [9.17, 15) is 9.59 Å². The number of rotatable bonds is 5. The van der Waals surface area contributed by atoms with Crippen LogP contribution in [0.25, 0.3) is 0 Å². The minimum Gasteiger partial charge on any atom is -0.375 e. The van der Waals surface area contributed by atoms with Crippen molar-refractivity contribution in [1.82, 2.24) is 20.0 Å². The van der Waals surface area contributed by atoms with Crippen LogP contribution in [0.15, 0.2) is 30.3 Å². The summed E-state index contributed by atoms with van der Waals surface area (Å²) in [5.41, 5.74) is 3.31. The molecule has 1 aliphatic heterocycles. The minimum absolute atomic E-state index is 0.0298. The number of aromatic nitrogens is 2. The summed E-state index contributed by atoms with van der Waals surface area (Å²) in [6.07, 6.45) is 3.16. The fourth-order valence-electron chi connectivity index (χ4n) is 4.47. The lowest BCUT2D eigenvalue weighted by Gasteiger charge is -2.29. The highest BCUT2D eigenvalue weighted by Crippen LogP contribution is 2.39. The summed E-state index contributed by atoms with van der Waals surface area (Å²) in [5, 5.41) is 7.39. The average Bonchev–Trinajstić information content (AvgIpc) is 3.54. The summed E-state index contributed by atoms with van der Waals surface area (Å²) < 4.78 is 5.15. The van der Waals surface area contributed by atoms with Crippen molar-refractivity contribution in [2.45, 2.75) is 51.6 Å². The normalized spacial score (nSPS) is 18.2. The number of carbonyl (C=O) groups excluding carboxylic acids is 2. The number of anilines is 1. The third kappa shape index (κ3) is 5.62. The quantitative estimate of drug-likeness (QED) is 0.753. The second-order valence-corrected chi connectivity index (χ2v) is 9.30. The van der Waals surface area contributed by atoms with Gasteiger partial charge in [0.1, 0.15) is 12.3 Å². The number of hydrogen-bond donors (Lipinski definition) is 1. The van der Waals surface area contributed by atoms with Crippen molar-refractivity contribution in [3.63, 3.8) is 0 Å². The summed E-state index contributed by atoms with van der Waals surface area (Å²) >= 11 is 0. The second-order valence-electron chi connectivity index (χ2n) is 9.30. The predicted molar refractivity (Wildman–Crippen MR) is 127 cm³/mol. The van der Waals surface area contributed by atoms with E-state index in [0.717, 1.165) is 49.3 Å². The molecular formula is C25H35N5O3. The number of fused-ring (bicyclic) bond motifs is 1. The first-order valence-corrected chi connectivity index (χ1v) is 11.9. The monoisotopic (exact) mass is 453 g/mol. The Labute approximate surface area is 195 Å². The van der Waals surface area contributed by atoms with Gasteiger partial charge in [0, 0.05) is 63.2 Å². The van der Waals surface area contributed by atoms with Gasteiger partial charge in [-0.2, -0.15) is 5.10 Å². The third-order valence-electron chi connectivity index (χ3n) is 6.55. The molecule has 1 aromatic carbocycles. The number of amides is 2. The molecule has 8 heteroatoms. The van der Waals surface area contributed by atoms with Crippen LogP contribution in [-0.4, -0.2) is 77.7 Å². The summed E-state index contributed by atoms with van der Waals surface area (Å²) in [5.74, 6) is 0.365. The van der Waals surface area contributed by atoms with Gasteiger partial charge in [0.2, 0.25) is 0 Å². The van der Waals surface area contributed by atoms with Crippen LogP contribution in [0, 0.1) is 0 Å². The smallest absolute Gasteiger partial charge is 0.274 e. The summed E-state index contributed by atoms with van der Waals surface area (Å²) in [7, 11) is 1.54. The number of nitrogens with one attached hydrogen (secondary N) is 1. The number of carbonyl (C=O) groups is 2. The Morgan fingerprint density at radius 3 is 2.67 bits per heavy atom. The zero-order chi connectivity index (χ0) is 23.4. The molecule has 1 fully saturated rings. The highest BCUT2D eigenvalue weighted by atomic mass is 16.5. The second kappa shape index (κ2) is 10.5. The number of H-pyrrole nitrogens is 1. The molecule has 2 heterocycles. The Morgan fingerprint density at radius 1 is 1.15 bits per heavy atom. The molecule has 0 unspecified atom stereocenters. The van der Waals surface area contributed by atoms with E-state index in [1.807, 2.05) is 40.1 Å². The molecule has 2 aliphatic rings. The predicted octanol–water partition coefficient (Wildman–Crippen LogP) is 3.02. The number of hydrogen-bond acceptors (Lipinski definition) is 5. The van der Waals surface area contributed by atoms with Crippen LogP contribution < -0.4 is 4.90 Å². The van der Waals surface area contributed by atoms with Gasteiger partial charge in [0.15, 0.2) is 0 Å². The third-order valence-corrected chi connectivity index (χ3v) is 6.55. The molecule has 0 saturated heterocycles. The Bertz CT molecular complexity index is 968. The van der Waals surface area contributed by atoms with Crippen molar-refractivity contribution >= 4 is 17.5 Å². The molecule has 178 valence electrons. The highest BCUT2D eigenvalue weighted by Gasteiger charge is 2.29. The molecule has 1 aliphatic carbocycles. The van der Waals surface area contributed by atoms with Crippen molar-refractivity contribution in [2.75, 3.05) is 44.8 Å². The largest absolute Gasteiger partial charge is 0.375 e. The lowest BCUT2D eigenvalue weighted by molar-refractivity contribution is -0.122. The molecule has 1 N–H and O–H groups in total. The van der Waals surface area contributed by atoms with Gasteiger partial charge in [-0.1, -0.05) is 18.2 Å². The number of methoxy groups -OCH3 is 1. The zero-order valence-corrected chi connectivity index (χ0v) is 19.9. The summed E-state index contributed by atoms with van der Waals surface area (Å²) in [4.78, 5) is 32.5. The van der Waals surface area contributed by atoms with Gasteiger partial charge in [-0.3, -0.25) is 19.6 Å². The Kier molecular flexibility index (Phi) is 7.45. The van der Waals surface area contributed by atoms with Crippen LogP contribution in [0.1, 0.15) is 60.8 Å². The standard InChI is InChI=1S/C25H35N5O3/c1-18(2)28-11-6-12-30(24(31)17-33-3)23-8-5-4-7-20(23)16-29(14-13-28)25(32)22-15-21(26-27-22)19-9-10-19/h4-5,7-8,15,18-19H,6,9-14,16-17H2,1-3H3,(H,26,27). The lowest BCUT2D eigenvalue weighted by Crippen LogP contribution is -2.41. The van der Waals surface area contributed by atoms with Crippen molar-refractivity contribution in [2.24, 2.45) is 0 Å². The van der Waals surface area contributed by atoms with E-state index in [4.69, 9.17) is 4.74 Å². The Balaban J connectivity index is 1.66. The van der Waals surface area contributed by atoms with Gasteiger partial charge in [-0.15, -0.1) is 0 Å². The lowest BCUT2D eigenvalue weighted by atomic mass is 10.1. The van der Waals surface area contributed by atoms with Crippen molar-refractivity contribution in [1.29, 1.82) is 0 Å². The first-order valence-electron chi connectivity index (χ1n) is 11.9. The van der Waals surface area contributed by atoms with Crippen molar-refractivity contribution in [3.05, 3.63) is 47.3 Å². The molecule has 8 nitrogen and oxygen atoms in total. The first-order chi connectivity index (χ1) is 16.0. The summed E-state index contributed by atoms with van der Waals surface area (Å²) in [6.45, 7) is 7.63. The molecule has 1 aromatic heterocycles. The van der Waals surface area contributed by atoms with Gasteiger partial charge >= 0.3 is 0 Å². The van der Waals surface area contributed by atoms with Crippen LogP contribution in [-0.2, 0) is 16.1 Å². The molecule has 2 amide bonds. The molecule has 0 radical (unpaired) electrons. The Hall–Kier alpha value is -2.71. The number of ether oxygens (including phenoxy) is 1. The van der Waals surface area contributed by atoms with Crippen LogP contribution in [0.4, 0.5) is 5.69 Å². The van der Waals surface area contributed by atoms with Gasteiger partial charge in [-0.25, -0.2) is 0 Å². The van der Waals surface area contributed by atoms with E-state index in [1.54, 1.807) is 0 Å². The molecular weight excluding hydrogens is 418 g/mol. The molecule has 2 aromatic rings. The van der Waals surface area contributed by atoms with Crippen LogP contribution >= 0.6 is 0 Å². The molecule has 4 rings (SSSR count). The van der Waals surface area contributed by atoms with Crippen molar-refractivity contribution < 1.29 is 14.3 Å². The maximum Gasteiger partial charge on any atom is 0.274 e. The van der Waals surface area contributed by atoms with E-state index in [-0.39, 0.29) is 18.4 Å². The van der Waals surface area contributed by atoms with E-state index in [0.29, 0.717) is 37.3 Å². The highest BCUT2D eigenvalue weighted by molar-refractivity contribution is 5.95. The van der Waals surface area contributed by atoms with Crippen molar-refractivity contribution in [3.8, 4) is 0 Å². The van der Waals surface area contributed by atoms with Crippen LogP contribution in [0.2, 0.25) is 0 Å². The molecule has 0 atom stereocenters. The maximum atomic E-state index is 13.5. The molecule has 33 heavy (non-hydrogen) atoms. The average molecular weight is 454 g/mol. The van der Waals surface area contributed by atoms with Gasteiger partial charge in [0.05, 0.1) is 0 Å². The van der Waals surface area contributed by atoms with E-state index >= 15 is 0 Å². The number of para-hydroxylation sites is 1. The van der Waals surface area contributed by atoms with Gasteiger partial charge < -0.3 is 14.5 Å². The van der Waals surface area contributed by atoms with Crippen LogP contribution in [0.3, 0.4) is 0 Å². The topological polar surface area (TPSA) is 81.8 Å². The summed E-state index contributed by atoms with van der Waals surface area (Å²) in [6, 6.07) is 10.1. The molecule has 0 spiro atoms. The Morgan fingerprint density at radius 2 is 1.94 bits per heavy atom. The fourth-order valence-corrected chi connectivity index (χ4v) is 4.47. The number of nitrogens with zero attached hydrogens (tertiary/aromatic N) is 4. The SMILES string of the molecule is COCC(=O)N1CCCN(C(C)C)CCN(C(=O)c2cc(C3CC3)[nH]n2)Cc2ccccc21.